The molecule has 5 heteroatoms. The van der Waals surface area contributed by atoms with E-state index >= 15 is 0 Å². The van der Waals surface area contributed by atoms with Gasteiger partial charge in [-0.15, -0.1) is 10.2 Å². The monoisotopic (exact) mass is 355 g/mol. The van der Waals surface area contributed by atoms with Crippen molar-refractivity contribution in [3.05, 3.63) is 65.0 Å². The maximum atomic E-state index is 6.18. The molecular formula is C20H22ClN3O. The van der Waals surface area contributed by atoms with E-state index in [1.165, 1.54) is 5.56 Å². The molecule has 0 aliphatic carbocycles. The summed E-state index contributed by atoms with van der Waals surface area (Å²) in [5.74, 6) is 0.995. The first-order chi connectivity index (χ1) is 11.8. The lowest BCUT2D eigenvalue weighted by molar-refractivity contribution is 0.503. The highest BCUT2D eigenvalue weighted by atomic mass is 35.5. The molecule has 4 nitrogen and oxygen atoms in total. The Labute approximate surface area is 153 Å². The molecule has 0 N–H and O–H groups in total. The van der Waals surface area contributed by atoms with Gasteiger partial charge in [-0.1, -0.05) is 56.6 Å². The summed E-state index contributed by atoms with van der Waals surface area (Å²) in [6, 6.07) is 16.0. The molecule has 1 aromatic heterocycles. The molecule has 0 bridgehead atoms. The fourth-order valence-corrected chi connectivity index (χ4v) is 2.79. The third kappa shape index (κ3) is 4.02. The van der Waals surface area contributed by atoms with E-state index in [0.29, 0.717) is 23.3 Å². The van der Waals surface area contributed by atoms with Crippen LogP contribution in [-0.4, -0.2) is 17.2 Å². The topological polar surface area (TPSA) is 42.2 Å². The van der Waals surface area contributed by atoms with Crippen LogP contribution in [0.1, 0.15) is 32.2 Å². The lowest BCUT2D eigenvalue weighted by atomic mass is 9.87. The maximum Gasteiger partial charge on any atom is 0.249 e. The number of halogens is 1. The molecule has 0 fully saturated rings. The van der Waals surface area contributed by atoms with E-state index in [9.17, 15) is 0 Å². The second kappa shape index (κ2) is 6.89. The van der Waals surface area contributed by atoms with E-state index in [-0.39, 0.29) is 5.41 Å². The number of rotatable bonds is 4. The molecule has 0 amide bonds. The summed E-state index contributed by atoms with van der Waals surface area (Å²) in [4.78, 5) is 2.08. The number of benzene rings is 2. The summed E-state index contributed by atoms with van der Waals surface area (Å²) in [6.45, 7) is 7.16. The van der Waals surface area contributed by atoms with Crippen LogP contribution in [0.4, 0.5) is 5.69 Å². The van der Waals surface area contributed by atoms with Crippen molar-refractivity contribution in [1.29, 1.82) is 0 Å². The van der Waals surface area contributed by atoms with E-state index in [2.05, 4.69) is 60.1 Å². The van der Waals surface area contributed by atoms with Crippen LogP contribution < -0.4 is 4.90 Å². The Morgan fingerprint density at radius 1 is 1.00 bits per heavy atom. The van der Waals surface area contributed by atoms with Crippen molar-refractivity contribution in [2.45, 2.75) is 32.7 Å². The van der Waals surface area contributed by atoms with Gasteiger partial charge in [0.25, 0.3) is 0 Å². The van der Waals surface area contributed by atoms with Crippen molar-refractivity contribution < 1.29 is 4.42 Å². The summed E-state index contributed by atoms with van der Waals surface area (Å²) < 4.78 is 5.77. The minimum Gasteiger partial charge on any atom is -0.419 e. The van der Waals surface area contributed by atoms with Gasteiger partial charge in [-0.05, 0) is 35.2 Å². The average Bonchev–Trinajstić information content (AvgIpc) is 3.03. The van der Waals surface area contributed by atoms with Gasteiger partial charge in [-0.25, -0.2) is 0 Å². The Kier molecular flexibility index (Phi) is 4.82. The predicted molar refractivity (Wildman–Crippen MR) is 102 cm³/mol. The fraction of sp³-hybridized carbons (Fsp3) is 0.300. The van der Waals surface area contributed by atoms with Gasteiger partial charge in [0.15, 0.2) is 0 Å². The smallest absolute Gasteiger partial charge is 0.249 e. The van der Waals surface area contributed by atoms with Crippen molar-refractivity contribution in [1.82, 2.24) is 10.2 Å². The van der Waals surface area contributed by atoms with Gasteiger partial charge in [0.05, 0.1) is 17.1 Å². The first-order valence-electron chi connectivity index (χ1n) is 8.23. The average molecular weight is 356 g/mol. The van der Waals surface area contributed by atoms with E-state index in [0.717, 1.165) is 11.3 Å². The summed E-state index contributed by atoms with van der Waals surface area (Å²) in [5, 5.41) is 8.85. The summed E-state index contributed by atoms with van der Waals surface area (Å²) in [6.07, 6.45) is 0. The highest BCUT2D eigenvalue weighted by molar-refractivity contribution is 6.33. The number of aromatic nitrogens is 2. The van der Waals surface area contributed by atoms with E-state index in [4.69, 9.17) is 16.0 Å². The van der Waals surface area contributed by atoms with Crippen LogP contribution >= 0.6 is 11.6 Å². The first kappa shape index (κ1) is 17.5. The summed E-state index contributed by atoms with van der Waals surface area (Å²) in [7, 11) is 2.01. The van der Waals surface area contributed by atoms with Crippen LogP contribution in [-0.2, 0) is 12.0 Å². The Morgan fingerprint density at radius 2 is 1.68 bits per heavy atom. The molecule has 0 saturated carbocycles. The third-order valence-corrected chi connectivity index (χ3v) is 4.45. The Bertz CT molecular complexity index is 850. The zero-order valence-electron chi connectivity index (χ0n) is 15.0. The Hall–Kier alpha value is -2.33. The van der Waals surface area contributed by atoms with Gasteiger partial charge in [-0.3, -0.25) is 0 Å². The van der Waals surface area contributed by atoms with Crippen molar-refractivity contribution >= 4 is 17.3 Å². The van der Waals surface area contributed by atoms with Crippen molar-refractivity contribution in [3.63, 3.8) is 0 Å². The Balaban J connectivity index is 1.74. The van der Waals surface area contributed by atoms with Crippen molar-refractivity contribution in [2.75, 3.05) is 11.9 Å². The van der Waals surface area contributed by atoms with Crippen molar-refractivity contribution in [3.8, 4) is 11.5 Å². The molecule has 3 aromatic rings. The molecule has 25 heavy (non-hydrogen) atoms. The van der Waals surface area contributed by atoms with Gasteiger partial charge < -0.3 is 9.32 Å². The van der Waals surface area contributed by atoms with E-state index < -0.39 is 0 Å². The maximum absolute atomic E-state index is 6.18. The quantitative estimate of drug-likeness (QED) is 0.634. The van der Waals surface area contributed by atoms with Crippen LogP contribution in [0, 0.1) is 0 Å². The molecule has 0 aliphatic rings. The van der Waals surface area contributed by atoms with Crippen LogP contribution in [0.25, 0.3) is 11.5 Å². The van der Waals surface area contributed by atoms with Gasteiger partial charge >= 0.3 is 0 Å². The van der Waals surface area contributed by atoms with Crippen molar-refractivity contribution in [2.24, 2.45) is 0 Å². The molecule has 3 rings (SSSR count). The highest BCUT2D eigenvalue weighted by Crippen LogP contribution is 2.27. The van der Waals surface area contributed by atoms with E-state index in [1.807, 2.05) is 31.3 Å². The molecule has 0 saturated heterocycles. The van der Waals surface area contributed by atoms with Gasteiger partial charge in [0.2, 0.25) is 11.8 Å². The van der Waals surface area contributed by atoms with Gasteiger partial charge in [0.1, 0.15) is 0 Å². The molecule has 2 aromatic carbocycles. The second-order valence-electron chi connectivity index (χ2n) is 7.13. The zero-order valence-corrected chi connectivity index (χ0v) is 15.7. The van der Waals surface area contributed by atoms with Gasteiger partial charge in [0, 0.05) is 12.7 Å². The molecule has 0 spiro atoms. The largest absolute Gasteiger partial charge is 0.419 e. The normalized spacial score (nSPS) is 11.6. The SMILES string of the molecule is CN(Cc1nnc(-c2ccccc2Cl)o1)c1ccc(C(C)(C)C)cc1. The van der Waals surface area contributed by atoms with Crippen LogP contribution in [0.5, 0.6) is 0 Å². The van der Waals surface area contributed by atoms with Crippen LogP contribution in [0.3, 0.4) is 0 Å². The molecule has 130 valence electrons. The number of hydrogen-bond donors (Lipinski definition) is 0. The summed E-state index contributed by atoms with van der Waals surface area (Å²) in [5.41, 5.74) is 3.31. The molecule has 0 radical (unpaired) electrons. The van der Waals surface area contributed by atoms with Crippen LogP contribution in [0.2, 0.25) is 5.02 Å². The molecule has 0 aliphatic heterocycles. The third-order valence-electron chi connectivity index (χ3n) is 4.12. The molecule has 1 heterocycles. The first-order valence-corrected chi connectivity index (χ1v) is 8.61. The minimum absolute atomic E-state index is 0.146. The van der Waals surface area contributed by atoms with E-state index in [1.54, 1.807) is 0 Å². The fourth-order valence-electron chi connectivity index (χ4n) is 2.57. The Morgan fingerprint density at radius 3 is 2.32 bits per heavy atom. The second-order valence-corrected chi connectivity index (χ2v) is 7.54. The standard InChI is InChI=1S/C20H22ClN3O/c1-20(2,3)14-9-11-15(12-10-14)24(4)13-18-22-23-19(25-18)16-7-5-6-8-17(16)21/h5-12H,13H2,1-4H3. The zero-order chi connectivity index (χ0) is 18.0. The van der Waals surface area contributed by atoms with Crippen LogP contribution in [0.15, 0.2) is 52.9 Å². The highest BCUT2D eigenvalue weighted by Gasteiger charge is 2.15. The molecular weight excluding hydrogens is 334 g/mol. The lowest BCUT2D eigenvalue weighted by Crippen LogP contribution is -2.17. The number of nitrogens with zero attached hydrogens (tertiary/aromatic N) is 3. The summed E-state index contributed by atoms with van der Waals surface area (Å²) >= 11 is 6.18. The molecule has 0 unspecified atom stereocenters. The number of anilines is 1. The lowest BCUT2D eigenvalue weighted by Gasteiger charge is -2.22. The number of hydrogen-bond acceptors (Lipinski definition) is 4. The minimum atomic E-state index is 0.146. The van der Waals surface area contributed by atoms with Gasteiger partial charge in [-0.2, -0.15) is 0 Å². The molecule has 0 atom stereocenters. The predicted octanol–water partition coefficient (Wildman–Crippen LogP) is 5.32.